The Balaban J connectivity index is 2.13. The Morgan fingerprint density at radius 2 is 1.82 bits per heavy atom. The van der Waals surface area contributed by atoms with Gasteiger partial charge in [-0.25, -0.2) is 0 Å². The Kier molecular flexibility index (Phi) is 12.2. The zero-order valence-corrected chi connectivity index (χ0v) is 24.3. The number of rotatable bonds is 16. The van der Waals surface area contributed by atoms with Crippen molar-refractivity contribution in [3.8, 4) is 17.2 Å². The second-order valence-corrected chi connectivity index (χ2v) is 10.7. The molecule has 2 amide bonds. The molecule has 2 rings (SSSR count). The molecule has 1 heterocycles. The zero-order valence-electron chi connectivity index (χ0n) is 24.3. The van der Waals surface area contributed by atoms with E-state index in [1.54, 1.807) is 46.0 Å². The molecule has 0 saturated heterocycles. The van der Waals surface area contributed by atoms with Crippen molar-refractivity contribution in [3.63, 3.8) is 0 Å². The van der Waals surface area contributed by atoms with Crippen LogP contribution in [0.25, 0.3) is 11.5 Å². The highest BCUT2D eigenvalue weighted by Gasteiger charge is 2.30. The van der Waals surface area contributed by atoms with Crippen LogP contribution in [0, 0.1) is 18.8 Å². The van der Waals surface area contributed by atoms with Crippen LogP contribution >= 0.6 is 0 Å². The maximum atomic E-state index is 13.2. The predicted octanol–water partition coefficient (Wildman–Crippen LogP) is 2.24. The minimum atomic E-state index is -1.22. The third-order valence-electron chi connectivity index (χ3n) is 6.27. The van der Waals surface area contributed by atoms with Gasteiger partial charge in [0.15, 0.2) is 11.6 Å². The van der Waals surface area contributed by atoms with Gasteiger partial charge in [0.25, 0.3) is 5.89 Å². The van der Waals surface area contributed by atoms with Crippen molar-refractivity contribution in [2.45, 2.75) is 66.0 Å². The summed E-state index contributed by atoms with van der Waals surface area (Å²) in [4.78, 5) is 56.6. The summed E-state index contributed by atoms with van der Waals surface area (Å²) in [7, 11) is 3.26. The molecular formula is C28H41N5O7. The number of ketones is 1. The van der Waals surface area contributed by atoms with Gasteiger partial charge in [-0.05, 0) is 57.0 Å². The first kappa shape index (κ1) is 32.4. The van der Waals surface area contributed by atoms with E-state index in [0.717, 1.165) is 6.42 Å². The van der Waals surface area contributed by atoms with Crippen molar-refractivity contribution in [2.75, 3.05) is 27.2 Å². The number of carboxylic acid groups (broad SMARTS) is 1. The summed E-state index contributed by atoms with van der Waals surface area (Å²) in [5.41, 5.74) is 1.15. The van der Waals surface area contributed by atoms with Crippen molar-refractivity contribution < 1.29 is 33.5 Å². The standard InChI is InChI=1S/C28H41N5O7/c1-16(2)10-11-33(6)15-22(34)21(14-25(36)37)30-27(38)26(17(3)4)31-24(35)13-20-12-19(8-9-23(20)39-7)28-29-18(5)32-40-28/h8-9,12,16-17,21,26H,10-11,13-15H2,1-7H3,(H,30,38)(H,31,35)(H,36,37). The molecule has 12 nitrogen and oxygen atoms in total. The summed E-state index contributed by atoms with van der Waals surface area (Å²) < 4.78 is 10.6. The molecule has 0 aliphatic heterocycles. The third-order valence-corrected chi connectivity index (χ3v) is 6.27. The maximum Gasteiger partial charge on any atom is 0.305 e. The molecule has 3 N–H and O–H groups in total. The summed E-state index contributed by atoms with van der Waals surface area (Å²) in [6.07, 6.45) is 0.211. The molecule has 0 bridgehead atoms. The Morgan fingerprint density at radius 1 is 1.12 bits per heavy atom. The van der Waals surface area contributed by atoms with Crippen molar-refractivity contribution >= 4 is 23.6 Å². The lowest BCUT2D eigenvalue weighted by atomic mass is 10.0. The lowest BCUT2D eigenvalue weighted by Crippen LogP contribution is -2.55. The van der Waals surface area contributed by atoms with Gasteiger partial charge in [0.1, 0.15) is 11.8 Å². The molecule has 0 aliphatic rings. The topological polar surface area (TPSA) is 164 Å². The summed E-state index contributed by atoms with van der Waals surface area (Å²) in [5.74, 6) is -1.36. The summed E-state index contributed by atoms with van der Waals surface area (Å²) in [6.45, 7) is 10.0. The molecular weight excluding hydrogens is 518 g/mol. The molecule has 2 aromatic rings. The van der Waals surface area contributed by atoms with E-state index < -0.39 is 42.1 Å². The molecule has 0 spiro atoms. The van der Waals surface area contributed by atoms with Crippen LogP contribution in [0.2, 0.25) is 0 Å². The van der Waals surface area contributed by atoms with Crippen LogP contribution in [0.5, 0.6) is 5.75 Å². The number of amides is 2. The molecule has 40 heavy (non-hydrogen) atoms. The van der Waals surface area contributed by atoms with Gasteiger partial charge in [-0.2, -0.15) is 4.98 Å². The lowest BCUT2D eigenvalue weighted by Gasteiger charge is -2.26. The first-order chi connectivity index (χ1) is 18.8. The zero-order chi connectivity index (χ0) is 30.0. The Morgan fingerprint density at radius 3 is 2.38 bits per heavy atom. The molecule has 0 saturated carbocycles. The summed E-state index contributed by atoms with van der Waals surface area (Å²) in [5, 5.41) is 18.4. The maximum absolute atomic E-state index is 13.2. The number of hydrogen-bond acceptors (Lipinski definition) is 9. The van der Waals surface area contributed by atoms with Gasteiger partial charge >= 0.3 is 5.97 Å². The smallest absolute Gasteiger partial charge is 0.305 e. The first-order valence-electron chi connectivity index (χ1n) is 13.3. The van der Waals surface area contributed by atoms with Crippen LogP contribution < -0.4 is 15.4 Å². The molecule has 2 atom stereocenters. The van der Waals surface area contributed by atoms with Crippen molar-refractivity contribution in [3.05, 3.63) is 29.6 Å². The van der Waals surface area contributed by atoms with E-state index in [0.29, 0.717) is 41.1 Å². The SMILES string of the molecule is COc1ccc(-c2nc(C)no2)cc1CC(=O)NC(C(=O)NC(CC(=O)O)C(=O)CN(C)CCC(C)C)C(C)C. The first-order valence-corrected chi connectivity index (χ1v) is 13.3. The quantitative estimate of drug-likeness (QED) is 0.278. The number of Topliss-reactive ketones (excluding diaryl/α,β-unsaturated/α-hetero) is 1. The van der Waals surface area contributed by atoms with Crippen molar-refractivity contribution in [1.29, 1.82) is 0 Å². The van der Waals surface area contributed by atoms with E-state index in [-0.39, 0.29) is 18.9 Å². The largest absolute Gasteiger partial charge is 0.496 e. The van der Waals surface area contributed by atoms with Gasteiger partial charge in [0.05, 0.1) is 32.5 Å². The minimum Gasteiger partial charge on any atom is -0.496 e. The number of carbonyl (C=O) groups is 4. The normalized spacial score (nSPS) is 12.8. The molecule has 220 valence electrons. The van der Waals surface area contributed by atoms with Gasteiger partial charge in [-0.1, -0.05) is 32.9 Å². The highest BCUT2D eigenvalue weighted by atomic mass is 16.5. The molecule has 0 aliphatic carbocycles. The van der Waals surface area contributed by atoms with Crippen molar-refractivity contribution in [2.24, 2.45) is 11.8 Å². The molecule has 1 aromatic heterocycles. The highest BCUT2D eigenvalue weighted by molar-refractivity contribution is 5.95. The van der Waals surface area contributed by atoms with E-state index in [4.69, 9.17) is 9.26 Å². The number of likely N-dealkylation sites (N-methyl/N-ethyl adjacent to an activating group) is 1. The van der Waals surface area contributed by atoms with Crippen LogP contribution in [-0.2, 0) is 25.6 Å². The number of aryl methyl sites for hydroxylation is 1. The van der Waals surface area contributed by atoms with Crippen LogP contribution in [-0.4, -0.2) is 83.0 Å². The second kappa shape index (κ2) is 15.1. The summed E-state index contributed by atoms with van der Waals surface area (Å²) >= 11 is 0. The fourth-order valence-corrected chi connectivity index (χ4v) is 4.01. The predicted molar refractivity (Wildman–Crippen MR) is 148 cm³/mol. The molecule has 2 unspecified atom stereocenters. The fourth-order valence-electron chi connectivity index (χ4n) is 4.01. The van der Waals surface area contributed by atoms with E-state index in [1.165, 1.54) is 7.11 Å². The Hall–Kier alpha value is -3.80. The molecule has 1 aromatic carbocycles. The number of carboxylic acids is 1. The molecule has 12 heteroatoms. The van der Waals surface area contributed by atoms with Gasteiger partial charge < -0.3 is 25.0 Å². The lowest BCUT2D eigenvalue weighted by molar-refractivity contribution is -0.141. The second-order valence-electron chi connectivity index (χ2n) is 10.7. The number of carbonyl (C=O) groups excluding carboxylic acids is 3. The van der Waals surface area contributed by atoms with Gasteiger partial charge in [0.2, 0.25) is 11.8 Å². The third kappa shape index (κ3) is 10.1. The average molecular weight is 560 g/mol. The van der Waals surface area contributed by atoms with Gasteiger partial charge in [-0.15, -0.1) is 0 Å². The van der Waals surface area contributed by atoms with E-state index in [2.05, 4.69) is 34.6 Å². The van der Waals surface area contributed by atoms with Gasteiger partial charge in [-0.3, -0.25) is 24.1 Å². The summed E-state index contributed by atoms with van der Waals surface area (Å²) in [6, 6.07) is 2.90. The van der Waals surface area contributed by atoms with Crippen LogP contribution in [0.1, 0.15) is 51.9 Å². The number of benzene rings is 1. The van der Waals surface area contributed by atoms with E-state index >= 15 is 0 Å². The highest BCUT2D eigenvalue weighted by Crippen LogP contribution is 2.26. The number of aliphatic carboxylic acids is 1. The number of nitrogens with one attached hydrogen (secondary N) is 2. The molecule has 0 radical (unpaired) electrons. The van der Waals surface area contributed by atoms with Gasteiger partial charge in [0, 0.05) is 11.1 Å². The molecule has 0 fully saturated rings. The number of ether oxygens (including phenoxy) is 1. The number of methoxy groups -OCH3 is 1. The Labute approximate surface area is 234 Å². The monoisotopic (exact) mass is 559 g/mol. The number of nitrogens with zero attached hydrogens (tertiary/aromatic N) is 3. The van der Waals surface area contributed by atoms with Crippen LogP contribution in [0.3, 0.4) is 0 Å². The van der Waals surface area contributed by atoms with Crippen LogP contribution in [0.15, 0.2) is 22.7 Å². The average Bonchev–Trinajstić information content (AvgIpc) is 3.31. The Bertz CT molecular complexity index is 1180. The van der Waals surface area contributed by atoms with E-state index in [1.807, 2.05) is 4.90 Å². The fraction of sp³-hybridized carbons (Fsp3) is 0.571. The number of hydrogen-bond donors (Lipinski definition) is 3. The van der Waals surface area contributed by atoms with Crippen molar-refractivity contribution in [1.82, 2.24) is 25.7 Å². The minimum absolute atomic E-state index is 0.000638. The van der Waals surface area contributed by atoms with Crippen LogP contribution in [0.4, 0.5) is 0 Å². The van der Waals surface area contributed by atoms with E-state index in [9.17, 15) is 24.3 Å². The number of aromatic nitrogens is 2.